The second kappa shape index (κ2) is 8.93. The fourth-order valence-corrected chi connectivity index (χ4v) is 5.29. The molecular weight excluding hydrogens is 450 g/mol. The Hall–Kier alpha value is -2.38. The molecule has 1 saturated heterocycles. The number of piperidine rings is 1. The van der Waals surface area contributed by atoms with Crippen molar-refractivity contribution in [1.82, 2.24) is 10.1 Å². The number of nitrogens with zero attached hydrogens (tertiary/aromatic N) is 3. The lowest BCUT2D eigenvalue weighted by molar-refractivity contribution is 0.0959. The number of anilines is 1. The molecule has 1 aliphatic heterocycles. The SMILES string of the molecule is [B][C@@]1(CCOc2cc(F)c(C(=O)C3CC3)c(F)c2)C[C@]1([B])C1CCN(c2nc(C(C)C)no2)CC1. The van der Waals surface area contributed by atoms with Crippen LogP contribution in [0, 0.1) is 23.5 Å². The molecule has 1 aromatic carbocycles. The third-order valence-electron chi connectivity index (χ3n) is 7.88. The molecule has 2 aromatic rings. The number of rotatable bonds is 9. The van der Waals surface area contributed by atoms with Crippen LogP contribution in [0.25, 0.3) is 0 Å². The van der Waals surface area contributed by atoms with Gasteiger partial charge in [-0.15, -0.1) is 0 Å². The molecule has 6 nitrogen and oxygen atoms in total. The van der Waals surface area contributed by atoms with E-state index >= 15 is 0 Å². The maximum absolute atomic E-state index is 14.4. The van der Waals surface area contributed by atoms with Gasteiger partial charge in [0.05, 0.1) is 27.9 Å². The van der Waals surface area contributed by atoms with Crippen LogP contribution < -0.4 is 9.64 Å². The third-order valence-corrected chi connectivity index (χ3v) is 7.88. The van der Waals surface area contributed by atoms with Crippen molar-refractivity contribution in [2.45, 2.75) is 68.9 Å². The fourth-order valence-electron chi connectivity index (χ4n) is 5.29. The van der Waals surface area contributed by atoms with E-state index in [0.717, 1.165) is 38.1 Å². The van der Waals surface area contributed by atoms with Crippen molar-refractivity contribution >= 4 is 27.5 Å². The molecule has 2 heterocycles. The number of halogens is 2. The van der Waals surface area contributed by atoms with E-state index in [1.807, 2.05) is 13.8 Å². The van der Waals surface area contributed by atoms with Crippen LogP contribution in [0.1, 0.15) is 74.5 Å². The minimum Gasteiger partial charge on any atom is -0.493 e. The molecule has 3 fully saturated rings. The lowest BCUT2D eigenvalue weighted by Crippen LogP contribution is -2.36. The number of ketones is 1. The summed E-state index contributed by atoms with van der Waals surface area (Å²) in [5.74, 6) is -1.29. The first-order chi connectivity index (χ1) is 16.6. The van der Waals surface area contributed by atoms with Gasteiger partial charge >= 0.3 is 6.01 Å². The van der Waals surface area contributed by atoms with Crippen molar-refractivity contribution in [3.05, 3.63) is 35.2 Å². The number of carbonyl (C=O) groups excluding carboxylic acids is 1. The number of hydrogen-bond acceptors (Lipinski definition) is 6. The van der Waals surface area contributed by atoms with E-state index in [-0.39, 0.29) is 30.1 Å². The molecule has 2 saturated carbocycles. The van der Waals surface area contributed by atoms with Crippen LogP contribution in [0.4, 0.5) is 14.8 Å². The lowest BCUT2D eigenvalue weighted by atomic mass is 9.58. The lowest BCUT2D eigenvalue weighted by Gasteiger charge is -2.36. The van der Waals surface area contributed by atoms with Crippen LogP contribution in [-0.4, -0.2) is 51.3 Å². The molecule has 0 unspecified atom stereocenters. The smallest absolute Gasteiger partial charge is 0.324 e. The number of carbonyl (C=O) groups is 1. The molecule has 1 aromatic heterocycles. The van der Waals surface area contributed by atoms with Gasteiger partial charge in [-0.2, -0.15) is 4.98 Å². The highest BCUT2D eigenvalue weighted by Crippen LogP contribution is 2.79. The van der Waals surface area contributed by atoms with Crippen LogP contribution in [0.3, 0.4) is 0 Å². The summed E-state index contributed by atoms with van der Waals surface area (Å²) >= 11 is 0. The number of aromatic nitrogens is 2. The summed E-state index contributed by atoms with van der Waals surface area (Å²) in [4.78, 5) is 18.7. The molecule has 35 heavy (non-hydrogen) atoms. The van der Waals surface area contributed by atoms with Crippen LogP contribution in [0.15, 0.2) is 16.7 Å². The number of hydrogen-bond donors (Lipinski definition) is 0. The van der Waals surface area contributed by atoms with Crippen molar-refractivity contribution in [1.29, 1.82) is 0 Å². The molecular formula is C25H29B2F2N3O3. The second-order valence-corrected chi connectivity index (χ2v) is 10.7. The van der Waals surface area contributed by atoms with Gasteiger partial charge in [-0.1, -0.05) is 36.1 Å². The van der Waals surface area contributed by atoms with Crippen LogP contribution in [-0.2, 0) is 0 Å². The Balaban J connectivity index is 1.13. The van der Waals surface area contributed by atoms with E-state index in [1.54, 1.807) is 0 Å². The topological polar surface area (TPSA) is 68.5 Å². The van der Waals surface area contributed by atoms with E-state index in [1.165, 1.54) is 0 Å². The molecule has 2 atom stereocenters. The molecule has 0 spiro atoms. The van der Waals surface area contributed by atoms with E-state index in [0.29, 0.717) is 37.5 Å². The summed E-state index contributed by atoms with van der Waals surface area (Å²) in [6.45, 7) is 5.76. The highest BCUT2D eigenvalue weighted by atomic mass is 19.1. The molecule has 10 heteroatoms. The Labute approximate surface area is 207 Å². The number of ether oxygens (including phenoxy) is 1. The third kappa shape index (κ3) is 4.60. The first-order valence-electron chi connectivity index (χ1n) is 12.4. The van der Waals surface area contributed by atoms with Crippen LogP contribution in [0.2, 0.25) is 10.6 Å². The van der Waals surface area contributed by atoms with Crippen molar-refractivity contribution in [2.75, 3.05) is 24.6 Å². The van der Waals surface area contributed by atoms with Gasteiger partial charge in [0, 0.05) is 37.1 Å². The van der Waals surface area contributed by atoms with Gasteiger partial charge < -0.3 is 14.2 Å². The zero-order valence-corrected chi connectivity index (χ0v) is 20.2. The zero-order chi connectivity index (χ0) is 25.0. The maximum atomic E-state index is 14.4. The van der Waals surface area contributed by atoms with Crippen molar-refractivity contribution in [2.24, 2.45) is 11.8 Å². The minimum atomic E-state index is -0.882. The minimum absolute atomic E-state index is 0.0489. The summed E-state index contributed by atoms with van der Waals surface area (Å²) in [5.41, 5.74) is -0.467. The van der Waals surface area contributed by atoms with Gasteiger partial charge in [0.15, 0.2) is 11.6 Å². The van der Waals surface area contributed by atoms with E-state index < -0.39 is 33.6 Å². The van der Waals surface area contributed by atoms with Gasteiger partial charge in [-0.3, -0.25) is 4.79 Å². The summed E-state index contributed by atoms with van der Waals surface area (Å²) in [6.07, 6.45) is 4.24. The summed E-state index contributed by atoms with van der Waals surface area (Å²) < 4.78 is 39.8. The first kappa shape index (κ1) is 24.3. The van der Waals surface area contributed by atoms with Gasteiger partial charge in [-0.25, -0.2) is 8.78 Å². The van der Waals surface area contributed by atoms with Gasteiger partial charge in [-0.05, 0) is 38.0 Å². The Morgan fingerprint density at radius 3 is 2.43 bits per heavy atom. The molecule has 0 bridgehead atoms. The molecule has 0 N–H and O–H groups in total. The Kier molecular flexibility index (Phi) is 6.20. The monoisotopic (exact) mass is 479 g/mol. The molecule has 182 valence electrons. The number of Topliss-reactive ketones (excluding diaryl/α,β-unsaturated/α-hetero) is 1. The van der Waals surface area contributed by atoms with E-state index in [2.05, 4.69) is 15.0 Å². The second-order valence-electron chi connectivity index (χ2n) is 10.7. The quantitative estimate of drug-likeness (QED) is 0.380. The fraction of sp³-hybridized carbons (Fsp3) is 0.640. The molecule has 2 aliphatic carbocycles. The predicted molar refractivity (Wildman–Crippen MR) is 128 cm³/mol. The summed E-state index contributed by atoms with van der Waals surface area (Å²) in [7, 11) is 13.3. The zero-order valence-electron chi connectivity index (χ0n) is 20.2. The standard InChI is InChI=1S/C25H29B2F2N3O3/c1-14(2)22-30-23(35-31-22)32-8-5-16(6-9-32)25(27)13-24(25,26)7-10-34-17-11-18(28)20(19(29)12-17)21(33)15-3-4-15/h11-12,14-16H,3-10,13H2,1-2H3/t24-,25-/m0/s1. The van der Waals surface area contributed by atoms with Crippen molar-refractivity contribution in [3.63, 3.8) is 0 Å². The number of benzene rings is 1. The molecule has 3 aliphatic rings. The van der Waals surface area contributed by atoms with E-state index in [9.17, 15) is 13.6 Å². The highest BCUT2D eigenvalue weighted by molar-refractivity contribution is 6.31. The van der Waals surface area contributed by atoms with E-state index in [4.69, 9.17) is 25.0 Å². The van der Waals surface area contributed by atoms with Crippen molar-refractivity contribution in [3.8, 4) is 5.75 Å². The molecule has 4 radical (unpaired) electrons. The predicted octanol–water partition coefficient (Wildman–Crippen LogP) is 4.81. The molecule has 5 rings (SSSR count). The van der Waals surface area contributed by atoms with Crippen LogP contribution in [0.5, 0.6) is 5.75 Å². The van der Waals surface area contributed by atoms with Crippen LogP contribution >= 0.6 is 0 Å². The average molecular weight is 479 g/mol. The van der Waals surface area contributed by atoms with Gasteiger partial charge in [0.25, 0.3) is 0 Å². The van der Waals surface area contributed by atoms with Gasteiger partial charge in [0.1, 0.15) is 17.4 Å². The Bertz CT molecular complexity index is 1090. The highest BCUT2D eigenvalue weighted by Gasteiger charge is 2.62. The molecule has 0 amide bonds. The average Bonchev–Trinajstić information content (AvgIpc) is 3.68. The Morgan fingerprint density at radius 1 is 1.20 bits per heavy atom. The van der Waals surface area contributed by atoms with Gasteiger partial charge in [0.2, 0.25) is 0 Å². The maximum Gasteiger partial charge on any atom is 0.324 e. The van der Waals surface area contributed by atoms with Crippen molar-refractivity contribution < 1.29 is 22.8 Å². The normalized spacial score (nSPS) is 26.8. The summed E-state index contributed by atoms with van der Waals surface area (Å²) in [6, 6.07) is 2.69. The summed E-state index contributed by atoms with van der Waals surface area (Å²) in [5, 5.41) is 2.95. The Morgan fingerprint density at radius 2 is 1.86 bits per heavy atom. The first-order valence-corrected chi connectivity index (χ1v) is 12.4. The largest absolute Gasteiger partial charge is 0.493 e.